The van der Waals surface area contributed by atoms with Crippen molar-refractivity contribution in [2.24, 2.45) is 13.0 Å². The maximum absolute atomic E-state index is 12.4. The number of carbonyl (C=O) groups is 1. The molecule has 1 N–H and O–H groups in total. The van der Waals surface area contributed by atoms with Crippen molar-refractivity contribution in [3.63, 3.8) is 0 Å². The zero-order valence-electron chi connectivity index (χ0n) is 13.2. The average Bonchev–Trinajstić information content (AvgIpc) is 3.09. The molecule has 1 saturated carbocycles. The van der Waals surface area contributed by atoms with Crippen LogP contribution in [-0.2, 0) is 24.9 Å². The summed E-state index contributed by atoms with van der Waals surface area (Å²) in [5, 5.41) is 15.0. The van der Waals surface area contributed by atoms with Crippen LogP contribution in [0.25, 0.3) is 0 Å². The van der Waals surface area contributed by atoms with Crippen molar-refractivity contribution in [1.29, 1.82) is 0 Å². The fourth-order valence-corrected chi connectivity index (χ4v) is 3.30. The Kier molecular flexibility index (Phi) is 3.45. The molecule has 1 atom stereocenters. The van der Waals surface area contributed by atoms with Crippen molar-refractivity contribution in [3.05, 3.63) is 35.7 Å². The highest BCUT2D eigenvalue weighted by Gasteiger charge is 2.32. The number of aromatic nitrogens is 4. The van der Waals surface area contributed by atoms with Gasteiger partial charge in [-0.3, -0.25) is 9.48 Å². The van der Waals surface area contributed by atoms with Crippen LogP contribution in [0.2, 0.25) is 0 Å². The first-order chi connectivity index (χ1) is 11.1. The molecule has 0 radical (unpaired) electrons. The Morgan fingerprint density at radius 2 is 2.22 bits per heavy atom. The standard InChI is InChI=1S/C16H21N5O2/c1-19-6-5-17-15(19)14(22)13-9-12-10-20(7-8-21(12)18-13)16(23)11-3-2-4-11/h5-6,9,11,14,22H,2-4,7-8,10H2,1H3/t14-/m0/s1. The van der Waals surface area contributed by atoms with E-state index in [1.807, 2.05) is 22.7 Å². The Balaban J connectivity index is 1.53. The second kappa shape index (κ2) is 5.49. The molecule has 4 rings (SSSR count). The lowest BCUT2D eigenvalue weighted by molar-refractivity contribution is -0.139. The number of aliphatic hydroxyl groups excluding tert-OH is 1. The van der Waals surface area contributed by atoms with Gasteiger partial charge in [-0.15, -0.1) is 0 Å². The zero-order chi connectivity index (χ0) is 16.0. The molecule has 1 fully saturated rings. The maximum atomic E-state index is 12.4. The van der Waals surface area contributed by atoms with E-state index >= 15 is 0 Å². The molecule has 122 valence electrons. The second-order valence-corrected chi connectivity index (χ2v) is 6.47. The minimum absolute atomic E-state index is 0.224. The Morgan fingerprint density at radius 1 is 1.39 bits per heavy atom. The summed E-state index contributed by atoms with van der Waals surface area (Å²) in [5.74, 6) is 1.07. The van der Waals surface area contributed by atoms with E-state index in [1.165, 1.54) is 6.42 Å². The molecule has 0 bridgehead atoms. The van der Waals surface area contributed by atoms with E-state index in [9.17, 15) is 9.90 Å². The van der Waals surface area contributed by atoms with E-state index in [0.29, 0.717) is 31.2 Å². The van der Waals surface area contributed by atoms with E-state index in [1.54, 1.807) is 17.0 Å². The summed E-state index contributed by atoms with van der Waals surface area (Å²) in [4.78, 5) is 18.5. The van der Waals surface area contributed by atoms with Gasteiger partial charge in [0.05, 0.1) is 24.5 Å². The van der Waals surface area contributed by atoms with E-state index in [-0.39, 0.29) is 11.8 Å². The van der Waals surface area contributed by atoms with Gasteiger partial charge in [0.25, 0.3) is 0 Å². The fourth-order valence-electron chi connectivity index (χ4n) is 3.30. The van der Waals surface area contributed by atoms with Crippen molar-refractivity contribution >= 4 is 5.91 Å². The van der Waals surface area contributed by atoms with Gasteiger partial charge in [0, 0.05) is 31.9 Å². The second-order valence-electron chi connectivity index (χ2n) is 6.47. The molecule has 2 aliphatic rings. The SMILES string of the molecule is Cn1ccnc1[C@@H](O)c1cc2n(n1)CCN(C(=O)C1CCC1)C2. The molecule has 0 aromatic carbocycles. The summed E-state index contributed by atoms with van der Waals surface area (Å²) in [7, 11) is 1.85. The van der Waals surface area contributed by atoms with Crippen LogP contribution in [-0.4, -0.2) is 41.8 Å². The molecule has 0 saturated heterocycles. The zero-order valence-corrected chi connectivity index (χ0v) is 13.2. The molecule has 1 amide bonds. The van der Waals surface area contributed by atoms with Crippen molar-refractivity contribution in [2.75, 3.05) is 6.54 Å². The van der Waals surface area contributed by atoms with Gasteiger partial charge in [-0.05, 0) is 18.9 Å². The van der Waals surface area contributed by atoms with Crippen molar-refractivity contribution in [1.82, 2.24) is 24.2 Å². The molecule has 0 unspecified atom stereocenters. The number of rotatable bonds is 3. The molecule has 7 nitrogen and oxygen atoms in total. The quantitative estimate of drug-likeness (QED) is 0.911. The number of imidazole rings is 1. The molecular weight excluding hydrogens is 294 g/mol. The summed E-state index contributed by atoms with van der Waals surface area (Å²) >= 11 is 0. The number of hydrogen-bond donors (Lipinski definition) is 1. The largest absolute Gasteiger partial charge is 0.379 e. The first-order valence-electron chi connectivity index (χ1n) is 8.14. The summed E-state index contributed by atoms with van der Waals surface area (Å²) < 4.78 is 3.68. The van der Waals surface area contributed by atoms with Crippen molar-refractivity contribution in [2.45, 2.75) is 38.5 Å². The van der Waals surface area contributed by atoms with Gasteiger partial charge in [0.15, 0.2) is 6.10 Å². The van der Waals surface area contributed by atoms with Gasteiger partial charge in [-0.25, -0.2) is 4.98 Å². The summed E-state index contributed by atoms with van der Waals surface area (Å²) in [5.41, 5.74) is 1.57. The lowest BCUT2D eigenvalue weighted by Gasteiger charge is -2.34. The molecule has 3 heterocycles. The number of hydrogen-bond acceptors (Lipinski definition) is 4. The molecule has 7 heteroatoms. The smallest absolute Gasteiger partial charge is 0.226 e. The van der Waals surface area contributed by atoms with Gasteiger partial charge in [-0.1, -0.05) is 6.42 Å². The summed E-state index contributed by atoms with van der Waals surface area (Å²) in [6, 6.07) is 1.89. The van der Waals surface area contributed by atoms with E-state index in [2.05, 4.69) is 10.1 Å². The number of nitrogens with zero attached hydrogens (tertiary/aromatic N) is 5. The Hall–Kier alpha value is -2.15. The van der Waals surface area contributed by atoms with Gasteiger partial charge in [-0.2, -0.15) is 5.10 Å². The van der Waals surface area contributed by atoms with Crippen molar-refractivity contribution < 1.29 is 9.90 Å². The van der Waals surface area contributed by atoms with E-state index in [0.717, 1.165) is 18.5 Å². The lowest BCUT2D eigenvalue weighted by Crippen LogP contribution is -2.43. The molecule has 23 heavy (non-hydrogen) atoms. The molecule has 1 aliphatic heterocycles. The molecule has 2 aromatic heterocycles. The van der Waals surface area contributed by atoms with Gasteiger partial charge < -0.3 is 14.6 Å². The van der Waals surface area contributed by atoms with Crippen LogP contribution in [0.1, 0.15) is 42.6 Å². The molecule has 1 aliphatic carbocycles. The van der Waals surface area contributed by atoms with Crippen LogP contribution in [0.3, 0.4) is 0 Å². The predicted molar refractivity (Wildman–Crippen MR) is 82.3 cm³/mol. The molecule has 0 spiro atoms. The number of carbonyl (C=O) groups excluding carboxylic acids is 1. The number of fused-ring (bicyclic) bond motifs is 1. The highest BCUT2D eigenvalue weighted by molar-refractivity contribution is 5.79. The van der Waals surface area contributed by atoms with Crippen molar-refractivity contribution in [3.8, 4) is 0 Å². The number of aliphatic hydroxyl groups is 1. The summed E-state index contributed by atoms with van der Waals surface area (Å²) in [6.45, 7) is 1.96. The number of aryl methyl sites for hydroxylation is 1. The summed E-state index contributed by atoms with van der Waals surface area (Å²) in [6.07, 6.45) is 5.84. The third-order valence-electron chi connectivity index (χ3n) is 4.97. The third-order valence-corrected chi connectivity index (χ3v) is 4.97. The first-order valence-corrected chi connectivity index (χ1v) is 8.14. The number of amides is 1. The Morgan fingerprint density at radius 3 is 2.87 bits per heavy atom. The highest BCUT2D eigenvalue weighted by Crippen LogP contribution is 2.30. The Bertz CT molecular complexity index is 731. The minimum atomic E-state index is -0.844. The predicted octanol–water partition coefficient (Wildman–Crippen LogP) is 0.841. The van der Waals surface area contributed by atoms with Gasteiger partial charge in [0.2, 0.25) is 5.91 Å². The first kappa shape index (κ1) is 14.4. The highest BCUT2D eigenvalue weighted by atomic mass is 16.3. The fraction of sp³-hybridized carbons (Fsp3) is 0.562. The van der Waals surface area contributed by atoms with Crippen LogP contribution in [0.5, 0.6) is 0 Å². The molecular formula is C16H21N5O2. The minimum Gasteiger partial charge on any atom is -0.379 e. The normalized spacial score (nSPS) is 19.3. The third kappa shape index (κ3) is 2.45. The van der Waals surface area contributed by atoms with Crippen LogP contribution in [0.15, 0.2) is 18.5 Å². The van der Waals surface area contributed by atoms with Crippen LogP contribution < -0.4 is 0 Å². The van der Waals surface area contributed by atoms with Crippen LogP contribution in [0.4, 0.5) is 0 Å². The maximum Gasteiger partial charge on any atom is 0.226 e. The average molecular weight is 315 g/mol. The van der Waals surface area contributed by atoms with Gasteiger partial charge >= 0.3 is 0 Å². The van der Waals surface area contributed by atoms with E-state index < -0.39 is 6.10 Å². The molecule has 2 aromatic rings. The van der Waals surface area contributed by atoms with E-state index in [4.69, 9.17) is 0 Å². The Labute approximate surface area is 134 Å². The lowest BCUT2D eigenvalue weighted by atomic mass is 9.84. The van der Waals surface area contributed by atoms with Gasteiger partial charge in [0.1, 0.15) is 5.82 Å². The topological polar surface area (TPSA) is 76.2 Å². The van der Waals surface area contributed by atoms with Crippen LogP contribution in [0, 0.1) is 5.92 Å². The van der Waals surface area contributed by atoms with Crippen LogP contribution >= 0.6 is 0 Å². The monoisotopic (exact) mass is 315 g/mol.